The molecule has 0 unspecified atom stereocenters. The number of halogens is 3. The highest BCUT2D eigenvalue weighted by molar-refractivity contribution is 5.78. The molecule has 152 valence electrons. The van der Waals surface area contributed by atoms with Crippen molar-refractivity contribution < 1.29 is 18.0 Å². The highest BCUT2D eigenvalue weighted by atomic mass is 19.4. The maximum Gasteiger partial charge on any atom is 0.416 e. The molecule has 0 aliphatic heterocycles. The first kappa shape index (κ1) is 20.4. The molecule has 3 aromatic rings. The molecule has 0 saturated heterocycles. The van der Waals surface area contributed by atoms with Gasteiger partial charge >= 0.3 is 6.18 Å². The van der Waals surface area contributed by atoms with Crippen LogP contribution in [0.15, 0.2) is 60.8 Å². The van der Waals surface area contributed by atoms with E-state index in [4.69, 9.17) is 0 Å². The van der Waals surface area contributed by atoms with E-state index in [1.165, 1.54) is 10.7 Å². The molecule has 3 rings (SSSR count). The normalized spacial score (nSPS) is 11.3. The molecular weight excluding hydrogens is 381 g/mol. The first-order valence-corrected chi connectivity index (χ1v) is 8.97. The lowest BCUT2D eigenvalue weighted by Gasteiger charge is -2.11. The number of aromatic nitrogens is 2. The molecule has 0 aliphatic rings. The van der Waals surface area contributed by atoms with Crippen molar-refractivity contribution in [3.8, 4) is 11.1 Å². The number of nitrogens with one attached hydrogen (secondary N) is 1. The highest BCUT2D eigenvalue weighted by Gasteiger charge is 2.30. The van der Waals surface area contributed by atoms with Crippen molar-refractivity contribution >= 4 is 11.7 Å². The molecular formula is C21H21F3N4O. The second kappa shape index (κ2) is 8.38. The molecule has 0 fully saturated rings. The Labute approximate surface area is 166 Å². The smallest absolute Gasteiger partial charge is 0.361 e. The van der Waals surface area contributed by atoms with E-state index >= 15 is 0 Å². The highest BCUT2D eigenvalue weighted by Crippen LogP contribution is 2.30. The van der Waals surface area contributed by atoms with E-state index in [-0.39, 0.29) is 19.0 Å². The summed E-state index contributed by atoms with van der Waals surface area (Å²) in [7, 11) is 3.74. The summed E-state index contributed by atoms with van der Waals surface area (Å²) in [5.41, 5.74) is 1.51. The van der Waals surface area contributed by atoms with Crippen LogP contribution >= 0.6 is 0 Å². The van der Waals surface area contributed by atoms with Gasteiger partial charge < -0.3 is 10.2 Å². The lowest BCUT2D eigenvalue weighted by Crippen LogP contribution is -2.27. The van der Waals surface area contributed by atoms with Gasteiger partial charge in [-0.1, -0.05) is 42.5 Å². The molecule has 1 heterocycles. The maximum absolute atomic E-state index is 12.8. The van der Waals surface area contributed by atoms with Gasteiger partial charge in [-0.2, -0.15) is 18.3 Å². The number of anilines is 1. The van der Waals surface area contributed by atoms with Gasteiger partial charge in [0.15, 0.2) is 5.82 Å². The summed E-state index contributed by atoms with van der Waals surface area (Å²) >= 11 is 0. The largest absolute Gasteiger partial charge is 0.416 e. The standard InChI is InChI=1S/C21H21F3N4O/c1-27(2)20-18(16-8-4-3-5-9-16)13-28(26-20)14-19(29)25-12-15-7-6-10-17(11-15)21(22,23)24/h3-11,13H,12,14H2,1-2H3,(H,25,29). The van der Waals surface area contributed by atoms with Gasteiger partial charge in [-0.3, -0.25) is 9.48 Å². The topological polar surface area (TPSA) is 50.2 Å². The van der Waals surface area contributed by atoms with E-state index in [9.17, 15) is 18.0 Å². The fraction of sp³-hybridized carbons (Fsp3) is 0.238. The molecule has 0 radical (unpaired) electrons. The summed E-state index contributed by atoms with van der Waals surface area (Å²) in [4.78, 5) is 14.1. The minimum atomic E-state index is -4.41. The summed E-state index contributed by atoms with van der Waals surface area (Å²) in [5.74, 6) is 0.386. The van der Waals surface area contributed by atoms with E-state index in [1.54, 1.807) is 12.3 Å². The van der Waals surface area contributed by atoms with E-state index < -0.39 is 11.7 Å². The first-order chi connectivity index (χ1) is 13.7. The fourth-order valence-electron chi connectivity index (χ4n) is 2.91. The number of benzene rings is 2. The molecule has 29 heavy (non-hydrogen) atoms. The second-order valence-electron chi connectivity index (χ2n) is 6.80. The Morgan fingerprint density at radius 3 is 2.48 bits per heavy atom. The second-order valence-corrected chi connectivity index (χ2v) is 6.80. The number of nitrogens with zero attached hydrogens (tertiary/aromatic N) is 3. The van der Waals surface area contributed by atoms with Crippen LogP contribution in [0.2, 0.25) is 0 Å². The lowest BCUT2D eigenvalue weighted by atomic mass is 10.1. The van der Waals surface area contributed by atoms with Crippen molar-refractivity contribution in [1.29, 1.82) is 0 Å². The van der Waals surface area contributed by atoms with Gasteiger partial charge in [0.05, 0.1) is 5.56 Å². The molecule has 1 N–H and O–H groups in total. The lowest BCUT2D eigenvalue weighted by molar-refractivity contribution is -0.137. The number of hydrogen-bond acceptors (Lipinski definition) is 3. The van der Waals surface area contributed by atoms with Gasteiger partial charge in [0.25, 0.3) is 0 Å². The average molecular weight is 402 g/mol. The predicted octanol–water partition coefficient (Wildman–Crippen LogP) is 3.95. The van der Waals surface area contributed by atoms with Crippen LogP contribution in [0.4, 0.5) is 19.0 Å². The van der Waals surface area contributed by atoms with E-state index in [2.05, 4.69) is 10.4 Å². The zero-order chi connectivity index (χ0) is 21.0. The van der Waals surface area contributed by atoms with Gasteiger partial charge in [-0.05, 0) is 23.3 Å². The van der Waals surface area contributed by atoms with Gasteiger partial charge in [0.1, 0.15) is 6.54 Å². The molecule has 0 bridgehead atoms. The predicted molar refractivity (Wildman–Crippen MR) is 105 cm³/mol. The van der Waals surface area contributed by atoms with Crippen LogP contribution in [-0.4, -0.2) is 29.8 Å². The monoisotopic (exact) mass is 402 g/mol. The van der Waals surface area contributed by atoms with Gasteiger partial charge in [0.2, 0.25) is 5.91 Å². The number of rotatable bonds is 6. The van der Waals surface area contributed by atoms with Crippen LogP contribution in [0.1, 0.15) is 11.1 Å². The van der Waals surface area contributed by atoms with Crippen LogP contribution in [0.3, 0.4) is 0 Å². The zero-order valence-corrected chi connectivity index (χ0v) is 16.1. The number of amides is 1. The van der Waals surface area contributed by atoms with Crippen LogP contribution in [0.25, 0.3) is 11.1 Å². The molecule has 0 spiro atoms. The van der Waals surface area contributed by atoms with Crippen molar-refractivity contribution in [2.45, 2.75) is 19.3 Å². The minimum absolute atomic E-state index is 0.0100. The Bertz CT molecular complexity index is 981. The van der Waals surface area contributed by atoms with Crippen molar-refractivity contribution in [3.05, 3.63) is 71.9 Å². The van der Waals surface area contributed by atoms with Gasteiger partial charge in [0, 0.05) is 32.4 Å². The van der Waals surface area contributed by atoms with Crippen LogP contribution in [0.5, 0.6) is 0 Å². The zero-order valence-electron chi connectivity index (χ0n) is 16.1. The molecule has 8 heteroatoms. The summed E-state index contributed by atoms with van der Waals surface area (Å²) in [6, 6.07) is 14.6. The average Bonchev–Trinajstić information content (AvgIpc) is 3.11. The summed E-state index contributed by atoms with van der Waals surface area (Å²) < 4.78 is 39.9. The Balaban J connectivity index is 1.68. The molecule has 5 nitrogen and oxygen atoms in total. The molecule has 1 amide bonds. The Morgan fingerprint density at radius 1 is 1.10 bits per heavy atom. The fourth-order valence-corrected chi connectivity index (χ4v) is 2.91. The quantitative estimate of drug-likeness (QED) is 0.679. The van der Waals surface area contributed by atoms with Gasteiger partial charge in [-0.15, -0.1) is 0 Å². The Kier molecular flexibility index (Phi) is 5.91. The number of alkyl halides is 3. The molecule has 0 aliphatic carbocycles. The van der Waals surface area contributed by atoms with E-state index in [0.717, 1.165) is 29.1 Å². The minimum Gasteiger partial charge on any atom is -0.361 e. The van der Waals surface area contributed by atoms with Gasteiger partial charge in [-0.25, -0.2) is 0 Å². The summed E-state index contributed by atoms with van der Waals surface area (Å²) in [6.07, 6.45) is -2.62. The van der Waals surface area contributed by atoms with E-state index in [1.807, 2.05) is 49.3 Å². The Hall–Kier alpha value is -3.29. The number of hydrogen-bond donors (Lipinski definition) is 1. The third kappa shape index (κ3) is 5.16. The molecule has 1 aromatic heterocycles. The maximum atomic E-state index is 12.8. The number of carbonyl (C=O) groups excluding carboxylic acids is 1. The molecule has 2 aromatic carbocycles. The van der Waals surface area contributed by atoms with Crippen molar-refractivity contribution in [2.24, 2.45) is 0 Å². The van der Waals surface area contributed by atoms with Crippen LogP contribution < -0.4 is 10.2 Å². The van der Waals surface area contributed by atoms with Crippen LogP contribution in [-0.2, 0) is 24.1 Å². The third-order valence-corrected chi connectivity index (χ3v) is 4.30. The van der Waals surface area contributed by atoms with Crippen molar-refractivity contribution in [2.75, 3.05) is 19.0 Å². The summed E-state index contributed by atoms with van der Waals surface area (Å²) in [6.45, 7) is -0.0251. The van der Waals surface area contributed by atoms with Crippen LogP contribution in [0, 0.1) is 0 Å². The first-order valence-electron chi connectivity index (χ1n) is 8.97. The third-order valence-electron chi connectivity index (χ3n) is 4.30. The molecule has 0 saturated carbocycles. The van der Waals surface area contributed by atoms with E-state index in [0.29, 0.717) is 5.56 Å². The molecule has 0 atom stereocenters. The van der Waals surface area contributed by atoms with Crippen molar-refractivity contribution in [3.63, 3.8) is 0 Å². The SMILES string of the molecule is CN(C)c1nn(CC(=O)NCc2cccc(C(F)(F)F)c2)cc1-c1ccccc1. The summed E-state index contributed by atoms with van der Waals surface area (Å²) in [5, 5.41) is 7.10. The van der Waals surface area contributed by atoms with Crippen molar-refractivity contribution in [1.82, 2.24) is 15.1 Å². The number of carbonyl (C=O) groups is 1. The Morgan fingerprint density at radius 2 is 1.83 bits per heavy atom.